The van der Waals surface area contributed by atoms with Crippen LogP contribution in [0.4, 0.5) is 5.69 Å². The van der Waals surface area contributed by atoms with E-state index in [1.54, 1.807) is 0 Å². The highest BCUT2D eigenvalue weighted by atomic mass is 32.2. The van der Waals surface area contributed by atoms with Crippen molar-refractivity contribution in [2.45, 2.75) is 13.0 Å². The Kier molecular flexibility index (Phi) is 4.69. The summed E-state index contributed by atoms with van der Waals surface area (Å²) < 4.78 is 0. The van der Waals surface area contributed by atoms with Crippen LogP contribution in [-0.4, -0.2) is 46.9 Å². The van der Waals surface area contributed by atoms with Gasteiger partial charge in [0, 0.05) is 60.9 Å². The number of rotatable bonds is 4. The Morgan fingerprint density at radius 1 is 0.964 bits per heavy atom. The average molecular weight is 390 g/mol. The predicted molar refractivity (Wildman–Crippen MR) is 116 cm³/mol. The third-order valence-electron chi connectivity index (χ3n) is 5.64. The molecule has 3 aromatic rings. The average Bonchev–Trinajstić information content (AvgIpc) is 3.08. The molecule has 0 unspecified atom stereocenters. The summed E-state index contributed by atoms with van der Waals surface area (Å²) in [5.74, 6) is 2.44. The van der Waals surface area contributed by atoms with Gasteiger partial charge in [0.15, 0.2) is 0 Å². The lowest BCUT2D eigenvalue weighted by Crippen LogP contribution is -2.34. The minimum absolute atomic E-state index is 0.171. The lowest BCUT2D eigenvalue weighted by atomic mass is 10.1. The zero-order valence-electron chi connectivity index (χ0n) is 15.8. The van der Waals surface area contributed by atoms with Gasteiger partial charge >= 0.3 is 0 Å². The predicted octanol–water partition coefficient (Wildman–Crippen LogP) is 3.99. The summed E-state index contributed by atoms with van der Waals surface area (Å²) in [6.45, 7) is 3.46. The molecule has 1 amide bonds. The Hall–Kier alpha value is -2.53. The molecule has 5 heteroatoms. The fourth-order valence-corrected chi connectivity index (χ4v) is 5.05. The Labute approximate surface area is 169 Å². The van der Waals surface area contributed by atoms with E-state index in [4.69, 9.17) is 4.98 Å². The zero-order valence-corrected chi connectivity index (χ0v) is 16.6. The van der Waals surface area contributed by atoms with Crippen LogP contribution >= 0.6 is 11.8 Å². The van der Waals surface area contributed by atoms with Gasteiger partial charge in [-0.2, -0.15) is 11.8 Å². The van der Waals surface area contributed by atoms with E-state index in [0.717, 1.165) is 64.4 Å². The van der Waals surface area contributed by atoms with Gasteiger partial charge in [-0.25, -0.2) is 0 Å². The van der Waals surface area contributed by atoms with Crippen LogP contribution in [0.3, 0.4) is 0 Å². The van der Waals surface area contributed by atoms with E-state index in [2.05, 4.69) is 41.3 Å². The number of carbonyl (C=O) groups excluding carboxylic acids is 1. The first-order chi connectivity index (χ1) is 13.8. The van der Waals surface area contributed by atoms with Gasteiger partial charge < -0.3 is 9.80 Å². The molecule has 0 aliphatic carbocycles. The van der Waals surface area contributed by atoms with Crippen LogP contribution < -0.4 is 4.90 Å². The number of nitrogens with zero attached hydrogens (tertiary/aromatic N) is 3. The number of thioether (sulfide) groups is 1. The lowest BCUT2D eigenvalue weighted by Gasteiger charge is -2.29. The Morgan fingerprint density at radius 2 is 1.82 bits per heavy atom. The van der Waals surface area contributed by atoms with Gasteiger partial charge in [-0.15, -0.1) is 0 Å². The number of fused-ring (bicyclic) bond motifs is 2. The van der Waals surface area contributed by atoms with Crippen LogP contribution in [0, 0.1) is 0 Å². The third kappa shape index (κ3) is 3.24. The molecule has 5 rings (SSSR count). The number of pyridine rings is 1. The molecule has 0 bridgehead atoms. The molecule has 3 heterocycles. The molecule has 0 radical (unpaired) electrons. The quantitative estimate of drug-likeness (QED) is 0.676. The molecule has 1 saturated heterocycles. The second-order valence-corrected chi connectivity index (χ2v) is 8.61. The number of hydrogen-bond donors (Lipinski definition) is 0. The number of benzene rings is 2. The SMILES string of the molecule is O=C1c2c(cccc2N2CCSCC2)CN1CCc1ccc2ccccc2n1. The standard InChI is InChI=1S/C23H23N3OS/c27-23-22-18(5-3-7-21(22)25-12-14-28-15-13-25)16-26(23)11-10-19-9-8-17-4-1-2-6-20(17)24-19/h1-9H,10-16H2. The van der Waals surface area contributed by atoms with Gasteiger partial charge in [0.25, 0.3) is 5.91 Å². The number of anilines is 1. The summed E-state index contributed by atoms with van der Waals surface area (Å²) in [7, 11) is 0. The summed E-state index contributed by atoms with van der Waals surface area (Å²) in [5, 5.41) is 1.15. The molecule has 28 heavy (non-hydrogen) atoms. The molecule has 2 aromatic carbocycles. The second-order valence-electron chi connectivity index (χ2n) is 7.38. The van der Waals surface area contributed by atoms with Crippen molar-refractivity contribution in [1.82, 2.24) is 9.88 Å². The number of hydrogen-bond acceptors (Lipinski definition) is 4. The van der Waals surface area contributed by atoms with Gasteiger partial charge in [0.05, 0.1) is 11.1 Å². The molecule has 0 saturated carbocycles. The fraction of sp³-hybridized carbons (Fsp3) is 0.304. The summed E-state index contributed by atoms with van der Waals surface area (Å²) in [6, 6.07) is 18.7. The van der Waals surface area contributed by atoms with Crippen molar-refractivity contribution < 1.29 is 4.79 Å². The molecule has 0 atom stereocenters. The maximum Gasteiger partial charge on any atom is 0.256 e. The third-order valence-corrected chi connectivity index (χ3v) is 6.58. The van der Waals surface area contributed by atoms with Crippen LogP contribution in [0.2, 0.25) is 0 Å². The maximum atomic E-state index is 13.2. The number of aromatic nitrogens is 1. The first-order valence-electron chi connectivity index (χ1n) is 9.88. The second kappa shape index (κ2) is 7.47. The van der Waals surface area contributed by atoms with Gasteiger partial charge in [-0.3, -0.25) is 9.78 Å². The molecule has 0 spiro atoms. The van der Waals surface area contributed by atoms with Crippen molar-refractivity contribution in [1.29, 1.82) is 0 Å². The molecule has 2 aliphatic rings. The molecule has 142 valence electrons. The van der Waals surface area contributed by atoms with Crippen LogP contribution in [0.5, 0.6) is 0 Å². The number of carbonyl (C=O) groups is 1. The van der Waals surface area contributed by atoms with Gasteiger partial charge in [0.2, 0.25) is 0 Å². The lowest BCUT2D eigenvalue weighted by molar-refractivity contribution is 0.0780. The van der Waals surface area contributed by atoms with Crippen molar-refractivity contribution in [3.05, 3.63) is 71.4 Å². The first kappa shape index (κ1) is 17.6. The van der Waals surface area contributed by atoms with Crippen LogP contribution in [-0.2, 0) is 13.0 Å². The van der Waals surface area contributed by atoms with Gasteiger partial charge in [-0.05, 0) is 23.8 Å². The van der Waals surface area contributed by atoms with Crippen molar-refractivity contribution in [3.8, 4) is 0 Å². The molecular weight excluding hydrogens is 366 g/mol. The normalized spacial score (nSPS) is 16.6. The first-order valence-corrected chi connectivity index (χ1v) is 11.0. The summed E-state index contributed by atoms with van der Waals surface area (Å²) in [6.07, 6.45) is 0.778. The molecule has 4 nitrogen and oxygen atoms in total. The monoisotopic (exact) mass is 389 g/mol. The van der Waals surface area contributed by atoms with Crippen molar-refractivity contribution >= 4 is 34.3 Å². The smallest absolute Gasteiger partial charge is 0.256 e. The number of amides is 1. The van der Waals surface area contributed by atoms with E-state index in [1.165, 1.54) is 0 Å². The van der Waals surface area contributed by atoms with Crippen molar-refractivity contribution in [3.63, 3.8) is 0 Å². The molecule has 0 N–H and O–H groups in total. The fourth-order valence-electron chi connectivity index (χ4n) is 4.15. The maximum absolute atomic E-state index is 13.2. The van der Waals surface area contributed by atoms with Gasteiger partial charge in [-0.1, -0.05) is 36.4 Å². The van der Waals surface area contributed by atoms with Crippen molar-refractivity contribution in [2.24, 2.45) is 0 Å². The van der Waals surface area contributed by atoms with E-state index in [-0.39, 0.29) is 5.91 Å². The van der Waals surface area contributed by atoms with E-state index in [1.807, 2.05) is 34.9 Å². The summed E-state index contributed by atoms with van der Waals surface area (Å²) in [5.41, 5.74) is 5.25. The highest BCUT2D eigenvalue weighted by Gasteiger charge is 2.31. The van der Waals surface area contributed by atoms with Crippen LogP contribution in [0.15, 0.2) is 54.6 Å². The van der Waals surface area contributed by atoms with E-state index >= 15 is 0 Å². The van der Waals surface area contributed by atoms with E-state index in [0.29, 0.717) is 13.1 Å². The topological polar surface area (TPSA) is 36.4 Å². The van der Waals surface area contributed by atoms with Crippen molar-refractivity contribution in [2.75, 3.05) is 36.0 Å². The largest absolute Gasteiger partial charge is 0.369 e. The zero-order chi connectivity index (χ0) is 18.9. The van der Waals surface area contributed by atoms with E-state index in [9.17, 15) is 4.79 Å². The molecular formula is C23H23N3OS. The molecule has 1 fully saturated rings. The minimum Gasteiger partial charge on any atom is -0.369 e. The summed E-state index contributed by atoms with van der Waals surface area (Å²) in [4.78, 5) is 22.3. The minimum atomic E-state index is 0.171. The van der Waals surface area contributed by atoms with E-state index < -0.39 is 0 Å². The highest BCUT2D eigenvalue weighted by Crippen LogP contribution is 2.33. The number of para-hydroxylation sites is 1. The Bertz CT molecular complexity index is 1030. The van der Waals surface area contributed by atoms with Crippen LogP contribution in [0.25, 0.3) is 10.9 Å². The summed E-state index contributed by atoms with van der Waals surface area (Å²) >= 11 is 1.99. The van der Waals surface area contributed by atoms with Crippen LogP contribution in [0.1, 0.15) is 21.6 Å². The Morgan fingerprint density at radius 3 is 2.71 bits per heavy atom. The highest BCUT2D eigenvalue weighted by molar-refractivity contribution is 7.99. The molecule has 2 aliphatic heterocycles. The molecule has 1 aromatic heterocycles. The Balaban J connectivity index is 1.33. The van der Waals surface area contributed by atoms with Gasteiger partial charge in [0.1, 0.15) is 0 Å².